The monoisotopic (exact) mass is 462 g/mol. The molecule has 2 heterocycles. The lowest BCUT2D eigenvalue weighted by atomic mass is 9.95. The van der Waals surface area contributed by atoms with E-state index in [1.165, 1.54) is 0 Å². The lowest BCUT2D eigenvalue weighted by molar-refractivity contribution is -0.125. The standard InChI is InChI=1S/C27H34N4O3/c1-4-29(5-2)26(33)21-12-13-22-24(16-21)31(27(34)23-11-6-7-14-30(22)23)18-25(32)28-17-20-10-8-9-19(3)15-20/h8-10,12-13,15-16,23H,4-7,11,14,17-18H2,1-3H3,(H,28,32). The first kappa shape index (κ1) is 23.8. The minimum atomic E-state index is -0.254. The molecule has 0 aromatic heterocycles. The molecule has 2 aromatic rings. The van der Waals surface area contributed by atoms with Crippen molar-refractivity contribution in [1.82, 2.24) is 10.2 Å². The van der Waals surface area contributed by atoms with Crippen LogP contribution in [0, 0.1) is 6.92 Å². The third-order valence-corrected chi connectivity index (χ3v) is 6.80. The van der Waals surface area contributed by atoms with Crippen molar-refractivity contribution in [3.05, 3.63) is 59.2 Å². The highest BCUT2D eigenvalue weighted by atomic mass is 16.2. The second-order valence-electron chi connectivity index (χ2n) is 9.08. The molecule has 3 amide bonds. The van der Waals surface area contributed by atoms with Gasteiger partial charge in [0.2, 0.25) is 11.8 Å². The summed E-state index contributed by atoms with van der Waals surface area (Å²) in [6.07, 6.45) is 2.80. The normalized spacial score (nSPS) is 17.1. The Kier molecular flexibility index (Phi) is 7.20. The summed E-state index contributed by atoms with van der Waals surface area (Å²) in [5, 5.41) is 2.95. The van der Waals surface area contributed by atoms with E-state index in [2.05, 4.69) is 10.2 Å². The first-order valence-corrected chi connectivity index (χ1v) is 12.3. The molecule has 1 saturated heterocycles. The number of carbonyl (C=O) groups excluding carboxylic acids is 3. The van der Waals surface area contributed by atoms with E-state index >= 15 is 0 Å². The van der Waals surface area contributed by atoms with Gasteiger partial charge in [-0.2, -0.15) is 0 Å². The molecule has 2 aromatic carbocycles. The second kappa shape index (κ2) is 10.3. The highest BCUT2D eigenvalue weighted by Gasteiger charge is 2.40. The number of fused-ring (bicyclic) bond motifs is 3. The predicted octanol–water partition coefficient (Wildman–Crippen LogP) is 3.50. The van der Waals surface area contributed by atoms with Crippen molar-refractivity contribution in [3.8, 4) is 0 Å². The summed E-state index contributed by atoms with van der Waals surface area (Å²) in [7, 11) is 0. The summed E-state index contributed by atoms with van der Waals surface area (Å²) in [5.74, 6) is -0.347. The molecule has 0 bridgehead atoms. The summed E-state index contributed by atoms with van der Waals surface area (Å²) in [4.78, 5) is 44.9. The van der Waals surface area contributed by atoms with Crippen molar-refractivity contribution < 1.29 is 14.4 Å². The van der Waals surface area contributed by atoms with E-state index in [0.717, 1.165) is 42.6 Å². The predicted molar refractivity (Wildman–Crippen MR) is 134 cm³/mol. The third-order valence-electron chi connectivity index (χ3n) is 6.80. The molecule has 1 N–H and O–H groups in total. The Morgan fingerprint density at radius 2 is 1.85 bits per heavy atom. The Morgan fingerprint density at radius 1 is 1.06 bits per heavy atom. The molecule has 180 valence electrons. The average molecular weight is 463 g/mol. The fourth-order valence-corrected chi connectivity index (χ4v) is 4.97. The quantitative estimate of drug-likeness (QED) is 0.684. The Balaban J connectivity index is 1.60. The van der Waals surface area contributed by atoms with Gasteiger partial charge >= 0.3 is 0 Å². The number of nitrogens with zero attached hydrogens (tertiary/aromatic N) is 3. The molecule has 34 heavy (non-hydrogen) atoms. The fourth-order valence-electron chi connectivity index (χ4n) is 4.97. The van der Waals surface area contributed by atoms with Gasteiger partial charge in [-0.15, -0.1) is 0 Å². The van der Waals surface area contributed by atoms with Gasteiger partial charge < -0.3 is 15.1 Å². The van der Waals surface area contributed by atoms with Gasteiger partial charge in [-0.1, -0.05) is 29.8 Å². The highest BCUT2D eigenvalue weighted by molar-refractivity contribution is 6.09. The Hall–Kier alpha value is -3.35. The number of rotatable bonds is 7. The van der Waals surface area contributed by atoms with Gasteiger partial charge in [0, 0.05) is 31.7 Å². The first-order valence-electron chi connectivity index (χ1n) is 12.3. The number of benzene rings is 2. The van der Waals surface area contributed by atoms with Crippen LogP contribution < -0.4 is 15.1 Å². The van der Waals surface area contributed by atoms with Crippen LogP contribution in [0.5, 0.6) is 0 Å². The Bertz CT molecular complexity index is 1080. The zero-order valence-electron chi connectivity index (χ0n) is 20.3. The second-order valence-corrected chi connectivity index (χ2v) is 9.08. The highest BCUT2D eigenvalue weighted by Crippen LogP contribution is 2.40. The van der Waals surface area contributed by atoms with E-state index in [9.17, 15) is 14.4 Å². The van der Waals surface area contributed by atoms with Gasteiger partial charge in [0.05, 0.1) is 11.4 Å². The van der Waals surface area contributed by atoms with Crippen LogP contribution in [0.25, 0.3) is 0 Å². The van der Waals surface area contributed by atoms with Gasteiger partial charge in [0.25, 0.3) is 5.91 Å². The Labute approximate surface area is 201 Å². The molecule has 7 nitrogen and oxygen atoms in total. The Morgan fingerprint density at radius 3 is 2.59 bits per heavy atom. The minimum absolute atomic E-state index is 0.0645. The number of hydrogen-bond donors (Lipinski definition) is 1. The molecule has 0 radical (unpaired) electrons. The maximum absolute atomic E-state index is 13.5. The fraction of sp³-hybridized carbons (Fsp3) is 0.444. The number of anilines is 2. The van der Waals surface area contributed by atoms with Crippen molar-refractivity contribution >= 4 is 29.1 Å². The van der Waals surface area contributed by atoms with E-state index in [1.807, 2.05) is 57.2 Å². The zero-order chi connectivity index (χ0) is 24.2. The summed E-state index contributed by atoms with van der Waals surface area (Å²) in [5.41, 5.74) is 4.26. The number of aryl methyl sites for hydroxylation is 1. The molecule has 0 spiro atoms. The number of carbonyl (C=O) groups is 3. The lowest BCUT2D eigenvalue weighted by Crippen LogP contribution is -2.57. The number of piperidine rings is 1. The van der Waals surface area contributed by atoms with Crippen molar-refractivity contribution in [2.45, 2.75) is 52.6 Å². The third kappa shape index (κ3) is 4.79. The van der Waals surface area contributed by atoms with E-state index in [1.54, 1.807) is 15.9 Å². The lowest BCUT2D eigenvalue weighted by Gasteiger charge is -2.45. The largest absolute Gasteiger partial charge is 0.358 e. The van der Waals surface area contributed by atoms with Gasteiger partial charge in [-0.05, 0) is 63.8 Å². The molecule has 2 aliphatic rings. The van der Waals surface area contributed by atoms with Crippen LogP contribution in [-0.4, -0.2) is 54.8 Å². The molecule has 1 atom stereocenters. The van der Waals surface area contributed by atoms with Crippen LogP contribution in [0.4, 0.5) is 11.4 Å². The van der Waals surface area contributed by atoms with Crippen LogP contribution in [0.15, 0.2) is 42.5 Å². The SMILES string of the molecule is CCN(CC)C(=O)c1ccc2c(c1)N(CC(=O)NCc1cccc(C)c1)C(=O)C1CCCCN21. The van der Waals surface area contributed by atoms with Crippen molar-refractivity contribution in [2.75, 3.05) is 36.0 Å². The maximum Gasteiger partial charge on any atom is 0.253 e. The summed E-state index contributed by atoms with van der Waals surface area (Å²) in [6, 6.07) is 13.3. The topological polar surface area (TPSA) is 73.0 Å². The molecule has 4 rings (SSSR count). The summed E-state index contributed by atoms with van der Waals surface area (Å²) in [6.45, 7) is 8.30. The van der Waals surface area contributed by atoms with Crippen molar-refractivity contribution in [3.63, 3.8) is 0 Å². The van der Waals surface area contributed by atoms with Crippen LogP contribution in [0.3, 0.4) is 0 Å². The molecule has 7 heteroatoms. The minimum Gasteiger partial charge on any atom is -0.358 e. The number of nitrogens with one attached hydrogen (secondary N) is 1. The number of hydrogen-bond acceptors (Lipinski definition) is 4. The van der Waals surface area contributed by atoms with E-state index in [4.69, 9.17) is 0 Å². The average Bonchev–Trinajstić information content (AvgIpc) is 2.85. The van der Waals surface area contributed by atoms with Crippen molar-refractivity contribution in [2.24, 2.45) is 0 Å². The van der Waals surface area contributed by atoms with Gasteiger partial charge in [0.1, 0.15) is 12.6 Å². The van der Waals surface area contributed by atoms with Gasteiger partial charge in [-0.3, -0.25) is 19.3 Å². The first-order chi connectivity index (χ1) is 16.4. The zero-order valence-corrected chi connectivity index (χ0v) is 20.3. The summed E-state index contributed by atoms with van der Waals surface area (Å²) < 4.78 is 0. The van der Waals surface area contributed by atoms with Gasteiger partial charge in [-0.25, -0.2) is 0 Å². The molecular formula is C27H34N4O3. The van der Waals surface area contributed by atoms with Gasteiger partial charge in [0.15, 0.2) is 0 Å². The molecule has 2 aliphatic heterocycles. The van der Waals surface area contributed by atoms with E-state index in [-0.39, 0.29) is 30.3 Å². The van der Waals surface area contributed by atoms with Crippen LogP contribution in [0.1, 0.15) is 54.6 Å². The molecular weight excluding hydrogens is 428 g/mol. The van der Waals surface area contributed by atoms with Crippen LogP contribution in [-0.2, 0) is 16.1 Å². The molecule has 0 aliphatic carbocycles. The van der Waals surface area contributed by atoms with Crippen molar-refractivity contribution in [1.29, 1.82) is 0 Å². The maximum atomic E-state index is 13.5. The van der Waals surface area contributed by atoms with Crippen LogP contribution in [0.2, 0.25) is 0 Å². The molecule has 1 unspecified atom stereocenters. The smallest absolute Gasteiger partial charge is 0.253 e. The molecule has 1 fully saturated rings. The van der Waals surface area contributed by atoms with E-state index in [0.29, 0.717) is 30.9 Å². The van der Waals surface area contributed by atoms with E-state index < -0.39 is 0 Å². The van der Waals surface area contributed by atoms with Crippen LogP contribution >= 0.6 is 0 Å². The summed E-state index contributed by atoms with van der Waals surface area (Å²) >= 11 is 0. The molecule has 0 saturated carbocycles. The number of amides is 3.